The zero-order valence-electron chi connectivity index (χ0n) is 24.7. The summed E-state index contributed by atoms with van der Waals surface area (Å²) >= 11 is 0. The molecule has 1 amide bonds. The van der Waals surface area contributed by atoms with Crippen LogP contribution in [0.2, 0.25) is 0 Å². The Morgan fingerprint density at radius 1 is 0.955 bits per heavy atom. The maximum atomic E-state index is 14.0. The number of amides is 1. The first-order valence-corrected chi connectivity index (χ1v) is 15.4. The van der Waals surface area contributed by atoms with Crippen molar-refractivity contribution in [2.24, 2.45) is 5.92 Å². The Balaban J connectivity index is 1.05. The van der Waals surface area contributed by atoms with Gasteiger partial charge in [-0.15, -0.1) is 0 Å². The number of carboxylic acids is 1. The van der Waals surface area contributed by atoms with Gasteiger partial charge in [0.25, 0.3) is 5.91 Å². The van der Waals surface area contributed by atoms with Gasteiger partial charge in [-0.05, 0) is 74.9 Å². The second-order valence-electron chi connectivity index (χ2n) is 12.5. The number of aromatic carboxylic acids is 1. The third-order valence-electron chi connectivity index (χ3n) is 9.77. The van der Waals surface area contributed by atoms with Gasteiger partial charge >= 0.3 is 12.1 Å². The molecule has 3 heterocycles. The molecule has 8 nitrogen and oxygen atoms in total. The van der Waals surface area contributed by atoms with Gasteiger partial charge in [-0.1, -0.05) is 6.07 Å². The summed E-state index contributed by atoms with van der Waals surface area (Å²) in [6, 6.07) is 9.77. The Morgan fingerprint density at radius 2 is 1.70 bits per heavy atom. The van der Waals surface area contributed by atoms with Gasteiger partial charge in [-0.25, -0.2) is 9.18 Å². The standard InChI is InChI=1S/C32H38F4N4O4/c1-21-19-39(15-16-40(21)25-7-8-28(33)27(18-25)29(41)42)26-9-10-31(44-20-26,22-5-6-22)30(43)38-13-11-37(12-14-38)24-4-2-3-23(17-24)32(34,35)36/h2-4,7-8,17-18,21-22,26H,5-6,9-16,19-20H2,1H3,(H,41,42)/t21?,26?,31-/m0/s1. The second-order valence-corrected chi connectivity index (χ2v) is 12.5. The van der Waals surface area contributed by atoms with Gasteiger partial charge in [-0.3, -0.25) is 9.69 Å². The number of nitrogens with zero attached hydrogens (tertiary/aromatic N) is 4. The highest BCUT2D eigenvalue weighted by molar-refractivity contribution is 5.89. The molecule has 6 rings (SSSR count). The number of alkyl halides is 3. The van der Waals surface area contributed by atoms with Gasteiger partial charge in [0, 0.05) is 69.3 Å². The van der Waals surface area contributed by atoms with Crippen LogP contribution in [0.3, 0.4) is 0 Å². The van der Waals surface area contributed by atoms with Crippen molar-refractivity contribution in [1.29, 1.82) is 0 Å². The van der Waals surface area contributed by atoms with Crippen molar-refractivity contribution in [3.05, 3.63) is 59.4 Å². The second kappa shape index (κ2) is 11.8. The lowest BCUT2D eigenvalue weighted by atomic mass is 9.85. The Hall–Kier alpha value is -3.38. The number of carboxylic acid groups (broad SMARTS) is 1. The van der Waals surface area contributed by atoms with Crippen molar-refractivity contribution in [3.8, 4) is 0 Å². The molecule has 3 atom stereocenters. The number of ether oxygens (including phenoxy) is 1. The Bertz CT molecular complexity index is 1380. The van der Waals surface area contributed by atoms with Crippen LogP contribution in [0.15, 0.2) is 42.5 Å². The number of hydrogen-bond donors (Lipinski definition) is 1. The Morgan fingerprint density at radius 3 is 2.32 bits per heavy atom. The fraction of sp³-hybridized carbons (Fsp3) is 0.562. The zero-order chi connectivity index (χ0) is 31.2. The van der Waals surface area contributed by atoms with E-state index in [-0.39, 0.29) is 29.5 Å². The van der Waals surface area contributed by atoms with Crippen molar-refractivity contribution in [3.63, 3.8) is 0 Å². The summed E-state index contributed by atoms with van der Waals surface area (Å²) in [7, 11) is 0. The van der Waals surface area contributed by atoms with E-state index < -0.39 is 29.1 Å². The molecule has 44 heavy (non-hydrogen) atoms. The van der Waals surface area contributed by atoms with Crippen molar-refractivity contribution < 1.29 is 37.0 Å². The molecule has 3 aliphatic heterocycles. The van der Waals surface area contributed by atoms with Crippen LogP contribution in [-0.4, -0.2) is 96.9 Å². The number of halogens is 4. The molecule has 0 bridgehead atoms. The minimum Gasteiger partial charge on any atom is -0.478 e. The van der Waals surface area contributed by atoms with Crippen LogP contribution in [0, 0.1) is 11.7 Å². The summed E-state index contributed by atoms with van der Waals surface area (Å²) in [5.41, 5.74) is -0.663. The van der Waals surface area contributed by atoms with Crippen molar-refractivity contribution in [2.45, 2.75) is 56.5 Å². The van der Waals surface area contributed by atoms with Crippen LogP contribution in [-0.2, 0) is 15.7 Å². The highest BCUT2D eigenvalue weighted by atomic mass is 19.4. The van der Waals surface area contributed by atoms with Crippen molar-refractivity contribution >= 4 is 23.3 Å². The maximum absolute atomic E-state index is 14.0. The van der Waals surface area contributed by atoms with E-state index in [9.17, 15) is 32.3 Å². The SMILES string of the molecule is CC1CN(C2CC[C@@](C(=O)N3CCN(c4cccc(C(F)(F)F)c4)CC3)(C3CC3)OC2)CCN1c1ccc(F)c(C(=O)O)c1. The first-order chi connectivity index (χ1) is 21.0. The first-order valence-electron chi connectivity index (χ1n) is 15.4. The van der Waals surface area contributed by atoms with Gasteiger partial charge in [0.15, 0.2) is 0 Å². The number of rotatable bonds is 6. The van der Waals surface area contributed by atoms with Gasteiger partial charge in [-0.2, -0.15) is 13.2 Å². The minimum absolute atomic E-state index is 0.00544. The van der Waals surface area contributed by atoms with Crippen LogP contribution >= 0.6 is 0 Å². The summed E-state index contributed by atoms with van der Waals surface area (Å²) < 4.78 is 60.1. The van der Waals surface area contributed by atoms with Crippen LogP contribution in [0.4, 0.5) is 28.9 Å². The molecule has 4 aliphatic rings. The van der Waals surface area contributed by atoms with Gasteiger partial charge in [0.1, 0.15) is 11.4 Å². The molecular formula is C32H38F4N4O4. The quantitative estimate of drug-likeness (QED) is 0.470. The normalized spacial score (nSPS) is 27.0. The monoisotopic (exact) mass is 618 g/mol. The molecule has 4 fully saturated rings. The average molecular weight is 619 g/mol. The van der Waals surface area contributed by atoms with Gasteiger partial charge in [0.2, 0.25) is 0 Å². The lowest BCUT2D eigenvalue weighted by molar-refractivity contribution is -0.176. The van der Waals surface area contributed by atoms with Crippen LogP contribution in [0.25, 0.3) is 0 Å². The summed E-state index contributed by atoms with van der Waals surface area (Å²) in [6.45, 7) is 6.42. The third-order valence-corrected chi connectivity index (χ3v) is 9.77. The molecule has 3 saturated heterocycles. The number of benzene rings is 2. The average Bonchev–Trinajstić information content (AvgIpc) is 3.87. The molecule has 1 saturated carbocycles. The summed E-state index contributed by atoms with van der Waals surface area (Å²) in [6.07, 6.45) is -1.05. The maximum Gasteiger partial charge on any atom is 0.416 e. The number of anilines is 2. The fourth-order valence-corrected chi connectivity index (χ4v) is 7.16. The van der Waals surface area contributed by atoms with E-state index in [1.807, 2.05) is 9.80 Å². The predicted octanol–water partition coefficient (Wildman–Crippen LogP) is 4.73. The van der Waals surface area contributed by atoms with Crippen molar-refractivity contribution in [1.82, 2.24) is 9.80 Å². The van der Waals surface area contributed by atoms with Crippen molar-refractivity contribution in [2.75, 3.05) is 62.2 Å². The molecular weight excluding hydrogens is 580 g/mol. The molecule has 0 radical (unpaired) electrons. The summed E-state index contributed by atoms with van der Waals surface area (Å²) in [5, 5.41) is 9.32. The molecule has 238 valence electrons. The molecule has 2 aromatic carbocycles. The summed E-state index contributed by atoms with van der Waals surface area (Å²) in [5.74, 6) is -1.85. The van der Waals surface area contributed by atoms with E-state index in [1.54, 1.807) is 12.1 Å². The Kier molecular flexibility index (Phi) is 8.25. The molecule has 1 aliphatic carbocycles. The highest BCUT2D eigenvalue weighted by Crippen LogP contribution is 2.48. The largest absolute Gasteiger partial charge is 0.478 e. The molecule has 0 aromatic heterocycles. The van der Waals surface area contributed by atoms with Gasteiger partial charge in [0.05, 0.1) is 17.7 Å². The lowest BCUT2D eigenvalue weighted by Gasteiger charge is -2.49. The van der Waals surface area contributed by atoms with Gasteiger partial charge < -0.3 is 24.5 Å². The predicted molar refractivity (Wildman–Crippen MR) is 156 cm³/mol. The lowest BCUT2D eigenvalue weighted by Crippen LogP contribution is -2.62. The molecule has 2 unspecified atom stereocenters. The highest BCUT2D eigenvalue weighted by Gasteiger charge is 2.56. The number of carbonyl (C=O) groups excluding carboxylic acids is 1. The van der Waals surface area contributed by atoms with E-state index in [4.69, 9.17) is 4.74 Å². The number of piperazine rings is 2. The number of carbonyl (C=O) groups is 2. The van der Waals surface area contributed by atoms with E-state index >= 15 is 0 Å². The zero-order valence-corrected chi connectivity index (χ0v) is 24.7. The molecule has 0 spiro atoms. The number of hydrogen-bond acceptors (Lipinski definition) is 6. The fourth-order valence-electron chi connectivity index (χ4n) is 7.16. The van der Waals surface area contributed by atoms with E-state index in [0.29, 0.717) is 57.1 Å². The van der Waals surface area contributed by atoms with E-state index in [1.165, 1.54) is 24.3 Å². The van der Waals surface area contributed by atoms with Crippen LogP contribution < -0.4 is 9.80 Å². The van der Waals surface area contributed by atoms with Crippen LogP contribution in [0.1, 0.15) is 48.5 Å². The van der Waals surface area contributed by atoms with E-state index in [0.717, 1.165) is 38.4 Å². The molecule has 1 N–H and O–H groups in total. The third kappa shape index (κ3) is 5.98. The molecule has 2 aromatic rings. The smallest absolute Gasteiger partial charge is 0.416 e. The van der Waals surface area contributed by atoms with Crippen LogP contribution in [0.5, 0.6) is 0 Å². The van der Waals surface area contributed by atoms with E-state index in [2.05, 4.69) is 16.7 Å². The summed E-state index contributed by atoms with van der Waals surface area (Å²) in [4.78, 5) is 33.6. The Labute approximate surface area is 254 Å². The minimum atomic E-state index is -4.40. The first kappa shape index (κ1) is 30.6. The molecule has 12 heteroatoms. The topological polar surface area (TPSA) is 76.6 Å².